The van der Waals surface area contributed by atoms with Gasteiger partial charge >= 0.3 is 0 Å². The fourth-order valence-corrected chi connectivity index (χ4v) is 2.23. The Balaban J connectivity index is 1.50. The van der Waals surface area contributed by atoms with Crippen LogP contribution in [-0.2, 0) is 13.2 Å². The van der Waals surface area contributed by atoms with Crippen molar-refractivity contribution >= 4 is 0 Å². The zero-order chi connectivity index (χ0) is 13.6. The van der Waals surface area contributed by atoms with Crippen LogP contribution in [0.25, 0.3) is 0 Å². The van der Waals surface area contributed by atoms with Crippen LogP contribution in [0.15, 0.2) is 54.6 Å². The summed E-state index contributed by atoms with van der Waals surface area (Å²) in [4.78, 5) is 0. The summed E-state index contributed by atoms with van der Waals surface area (Å²) in [7, 11) is 0. The molecule has 2 aromatic carbocycles. The van der Waals surface area contributed by atoms with Crippen LogP contribution in [-0.4, -0.2) is 6.54 Å². The lowest BCUT2D eigenvalue weighted by Gasteiger charge is -2.09. The van der Waals surface area contributed by atoms with Gasteiger partial charge in [-0.1, -0.05) is 42.5 Å². The van der Waals surface area contributed by atoms with Gasteiger partial charge in [-0.05, 0) is 48.6 Å². The number of hydrogen-bond donors (Lipinski definition) is 1. The lowest BCUT2D eigenvalue weighted by molar-refractivity contribution is 0.306. The molecule has 3 rings (SSSR count). The van der Waals surface area contributed by atoms with Gasteiger partial charge in [0.2, 0.25) is 0 Å². The predicted octanol–water partition coefficient (Wildman–Crippen LogP) is 3.77. The molecular weight excluding hydrogens is 246 g/mol. The average molecular weight is 267 g/mol. The molecule has 0 unspecified atom stereocenters. The molecule has 0 saturated heterocycles. The minimum Gasteiger partial charge on any atom is -0.489 e. The molecule has 2 aromatic rings. The Morgan fingerprint density at radius 1 is 0.950 bits per heavy atom. The lowest BCUT2D eigenvalue weighted by Crippen LogP contribution is -2.16. The first-order chi connectivity index (χ1) is 9.90. The number of nitrogens with one attached hydrogen (secondary N) is 1. The van der Waals surface area contributed by atoms with E-state index in [1.165, 1.54) is 24.0 Å². The van der Waals surface area contributed by atoms with Gasteiger partial charge < -0.3 is 10.1 Å². The molecule has 1 aliphatic rings. The van der Waals surface area contributed by atoms with Gasteiger partial charge in [0.15, 0.2) is 0 Å². The van der Waals surface area contributed by atoms with Gasteiger partial charge in [0.1, 0.15) is 12.4 Å². The smallest absolute Gasteiger partial charge is 0.120 e. The van der Waals surface area contributed by atoms with E-state index in [0.717, 1.165) is 24.8 Å². The van der Waals surface area contributed by atoms with E-state index in [9.17, 15) is 0 Å². The Morgan fingerprint density at radius 2 is 1.75 bits per heavy atom. The van der Waals surface area contributed by atoms with E-state index in [1.807, 2.05) is 24.3 Å². The molecule has 0 heterocycles. The first kappa shape index (κ1) is 13.2. The van der Waals surface area contributed by atoms with Crippen molar-refractivity contribution in [1.82, 2.24) is 5.32 Å². The average Bonchev–Trinajstić information content (AvgIpc) is 3.31. The summed E-state index contributed by atoms with van der Waals surface area (Å²) >= 11 is 0. The molecule has 0 radical (unpaired) electrons. The van der Waals surface area contributed by atoms with Crippen molar-refractivity contribution in [2.45, 2.75) is 26.0 Å². The molecule has 1 fully saturated rings. The highest BCUT2D eigenvalue weighted by molar-refractivity contribution is 5.29. The van der Waals surface area contributed by atoms with E-state index >= 15 is 0 Å². The lowest BCUT2D eigenvalue weighted by atomic mass is 10.2. The third kappa shape index (κ3) is 4.10. The van der Waals surface area contributed by atoms with Crippen LogP contribution in [0.4, 0.5) is 0 Å². The van der Waals surface area contributed by atoms with Crippen LogP contribution in [0.5, 0.6) is 5.75 Å². The second kappa shape index (κ2) is 6.58. The number of hydrogen-bond acceptors (Lipinski definition) is 2. The van der Waals surface area contributed by atoms with E-state index in [-0.39, 0.29) is 0 Å². The van der Waals surface area contributed by atoms with Crippen molar-refractivity contribution in [3.63, 3.8) is 0 Å². The van der Waals surface area contributed by atoms with Gasteiger partial charge in [-0.15, -0.1) is 0 Å². The Bertz CT molecular complexity index is 534. The Hall–Kier alpha value is -1.80. The standard InChI is InChI=1S/C18H21NO/c1-2-5-16(6-3-1)14-20-18-8-4-7-17(11-18)13-19-12-15-9-10-15/h1-8,11,15,19H,9-10,12-14H2. The highest BCUT2D eigenvalue weighted by Gasteiger charge is 2.20. The van der Waals surface area contributed by atoms with Gasteiger partial charge in [0, 0.05) is 6.54 Å². The zero-order valence-electron chi connectivity index (χ0n) is 11.7. The Kier molecular flexibility index (Phi) is 4.34. The van der Waals surface area contributed by atoms with Gasteiger partial charge in [-0.2, -0.15) is 0 Å². The van der Waals surface area contributed by atoms with Crippen LogP contribution in [0.3, 0.4) is 0 Å². The molecule has 2 heteroatoms. The first-order valence-corrected chi connectivity index (χ1v) is 7.36. The van der Waals surface area contributed by atoms with Crippen LogP contribution in [0.2, 0.25) is 0 Å². The van der Waals surface area contributed by atoms with Crippen molar-refractivity contribution in [3.05, 3.63) is 65.7 Å². The third-order valence-electron chi connectivity index (χ3n) is 3.61. The minimum absolute atomic E-state index is 0.625. The summed E-state index contributed by atoms with van der Waals surface area (Å²) in [6.07, 6.45) is 2.79. The molecule has 104 valence electrons. The van der Waals surface area contributed by atoms with Crippen LogP contribution >= 0.6 is 0 Å². The van der Waals surface area contributed by atoms with E-state index in [0.29, 0.717) is 6.61 Å². The molecule has 0 aromatic heterocycles. The van der Waals surface area contributed by atoms with E-state index < -0.39 is 0 Å². The third-order valence-corrected chi connectivity index (χ3v) is 3.61. The summed E-state index contributed by atoms with van der Waals surface area (Å²) in [6, 6.07) is 18.6. The molecule has 20 heavy (non-hydrogen) atoms. The molecule has 1 aliphatic carbocycles. The molecule has 1 saturated carbocycles. The SMILES string of the molecule is c1ccc(COc2cccc(CNCC3CC3)c2)cc1. The van der Waals surface area contributed by atoms with Gasteiger partial charge in [-0.25, -0.2) is 0 Å². The largest absolute Gasteiger partial charge is 0.489 e. The highest BCUT2D eigenvalue weighted by atomic mass is 16.5. The van der Waals surface area contributed by atoms with Crippen molar-refractivity contribution in [3.8, 4) is 5.75 Å². The molecule has 0 bridgehead atoms. The number of rotatable bonds is 7. The maximum Gasteiger partial charge on any atom is 0.120 e. The van der Waals surface area contributed by atoms with Crippen LogP contribution in [0.1, 0.15) is 24.0 Å². The predicted molar refractivity (Wildman–Crippen MR) is 81.6 cm³/mol. The number of ether oxygens (including phenoxy) is 1. The molecule has 0 atom stereocenters. The maximum absolute atomic E-state index is 5.84. The highest BCUT2D eigenvalue weighted by Crippen LogP contribution is 2.27. The van der Waals surface area contributed by atoms with E-state index in [2.05, 4.69) is 35.6 Å². The van der Waals surface area contributed by atoms with Crippen molar-refractivity contribution in [1.29, 1.82) is 0 Å². The molecule has 1 N–H and O–H groups in total. The molecule has 0 spiro atoms. The minimum atomic E-state index is 0.625. The Labute approximate surface area is 120 Å². The molecular formula is C18H21NO. The topological polar surface area (TPSA) is 21.3 Å². The summed E-state index contributed by atoms with van der Waals surface area (Å²) in [5.41, 5.74) is 2.49. The molecule has 0 aliphatic heterocycles. The van der Waals surface area contributed by atoms with E-state index in [1.54, 1.807) is 0 Å². The first-order valence-electron chi connectivity index (χ1n) is 7.36. The zero-order valence-corrected chi connectivity index (χ0v) is 11.7. The van der Waals surface area contributed by atoms with Crippen LogP contribution in [0, 0.1) is 5.92 Å². The van der Waals surface area contributed by atoms with Gasteiger partial charge in [0.05, 0.1) is 0 Å². The molecule has 2 nitrogen and oxygen atoms in total. The fourth-order valence-electron chi connectivity index (χ4n) is 2.23. The Morgan fingerprint density at radius 3 is 2.55 bits per heavy atom. The summed E-state index contributed by atoms with van der Waals surface area (Å²) in [6.45, 7) is 2.70. The maximum atomic E-state index is 5.84. The van der Waals surface area contributed by atoms with E-state index in [4.69, 9.17) is 4.74 Å². The normalized spacial score (nSPS) is 14.2. The van der Waals surface area contributed by atoms with Crippen molar-refractivity contribution < 1.29 is 4.74 Å². The second-order valence-corrected chi connectivity index (χ2v) is 5.50. The molecule has 0 amide bonds. The van der Waals surface area contributed by atoms with Crippen molar-refractivity contribution in [2.24, 2.45) is 5.92 Å². The van der Waals surface area contributed by atoms with Gasteiger partial charge in [0.25, 0.3) is 0 Å². The monoisotopic (exact) mass is 267 g/mol. The quantitative estimate of drug-likeness (QED) is 0.824. The van der Waals surface area contributed by atoms with Crippen molar-refractivity contribution in [2.75, 3.05) is 6.54 Å². The number of benzene rings is 2. The summed E-state index contributed by atoms with van der Waals surface area (Å²) < 4.78 is 5.84. The fraction of sp³-hybridized carbons (Fsp3) is 0.333. The van der Waals surface area contributed by atoms with Gasteiger partial charge in [-0.3, -0.25) is 0 Å². The van der Waals surface area contributed by atoms with Crippen LogP contribution < -0.4 is 10.1 Å². The summed E-state index contributed by atoms with van der Waals surface area (Å²) in [5, 5.41) is 3.51. The second-order valence-electron chi connectivity index (χ2n) is 5.50. The summed E-state index contributed by atoms with van der Waals surface area (Å²) in [5.74, 6) is 1.87.